The molecular formula is C24H30N2O4S. The van der Waals surface area contributed by atoms with E-state index in [4.69, 9.17) is 4.74 Å². The van der Waals surface area contributed by atoms with Crippen molar-refractivity contribution in [2.75, 3.05) is 13.1 Å². The first kappa shape index (κ1) is 21.8. The van der Waals surface area contributed by atoms with Crippen molar-refractivity contribution in [3.05, 3.63) is 58.7 Å². The van der Waals surface area contributed by atoms with E-state index < -0.39 is 15.6 Å². The Morgan fingerprint density at radius 3 is 2.52 bits per heavy atom. The normalized spacial score (nSPS) is 20.7. The van der Waals surface area contributed by atoms with Gasteiger partial charge in [-0.05, 0) is 64.3 Å². The number of benzene rings is 2. The molecule has 4 rings (SSSR count). The van der Waals surface area contributed by atoms with E-state index in [-0.39, 0.29) is 16.8 Å². The highest BCUT2D eigenvalue weighted by molar-refractivity contribution is 7.89. The van der Waals surface area contributed by atoms with Crippen LogP contribution in [0.25, 0.3) is 0 Å². The number of aryl methyl sites for hydroxylation is 2. The highest BCUT2D eigenvalue weighted by Crippen LogP contribution is 2.40. The molecule has 6 nitrogen and oxygen atoms in total. The smallest absolute Gasteiger partial charge is 0.251 e. The average Bonchev–Trinajstić information content (AvgIpc) is 3.24. The van der Waals surface area contributed by atoms with Crippen molar-refractivity contribution < 1.29 is 17.9 Å². The number of sulfonamides is 1. The SMILES string of the molecule is Cc1ccc2c(c1)[C@@H](NC(=O)c1ccc(C)c(S(=O)(=O)N3CCCC3)c1)CC(C)(C)O2. The zero-order valence-electron chi connectivity index (χ0n) is 18.6. The molecule has 166 valence electrons. The largest absolute Gasteiger partial charge is 0.487 e. The number of hydrogen-bond donors (Lipinski definition) is 1. The average molecular weight is 443 g/mol. The number of ether oxygens (including phenoxy) is 1. The molecule has 0 aromatic heterocycles. The fourth-order valence-corrected chi connectivity index (χ4v) is 6.20. The summed E-state index contributed by atoms with van der Waals surface area (Å²) in [4.78, 5) is 13.4. The Labute approximate surface area is 184 Å². The Hall–Kier alpha value is -2.38. The van der Waals surface area contributed by atoms with Crippen LogP contribution >= 0.6 is 0 Å². The van der Waals surface area contributed by atoms with Gasteiger partial charge in [0.05, 0.1) is 10.9 Å². The molecule has 1 saturated heterocycles. The van der Waals surface area contributed by atoms with Gasteiger partial charge in [0.15, 0.2) is 0 Å². The Kier molecular flexibility index (Phi) is 5.60. The van der Waals surface area contributed by atoms with Crippen LogP contribution in [0, 0.1) is 13.8 Å². The molecular weight excluding hydrogens is 412 g/mol. The van der Waals surface area contributed by atoms with Gasteiger partial charge in [0.2, 0.25) is 10.0 Å². The predicted molar refractivity (Wildman–Crippen MR) is 120 cm³/mol. The Bertz CT molecular complexity index is 1120. The van der Waals surface area contributed by atoms with E-state index in [0.29, 0.717) is 30.6 Å². The third-order valence-corrected chi connectivity index (χ3v) is 8.10. The summed E-state index contributed by atoms with van der Waals surface area (Å²) in [6.07, 6.45) is 2.37. The number of fused-ring (bicyclic) bond motifs is 1. The molecule has 2 aromatic carbocycles. The maximum Gasteiger partial charge on any atom is 0.251 e. The highest BCUT2D eigenvalue weighted by Gasteiger charge is 2.35. The minimum atomic E-state index is -3.60. The monoisotopic (exact) mass is 442 g/mol. The van der Waals surface area contributed by atoms with Crippen molar-refractivity contribution >= 4 is 15.9 Å². The fourth-order valence-electron chi connectivity index (χ4n) is 4.43. The van der Waals surface area contributed by atoms with Crippen molar-refractivity contribution in [1.82, 2.24) is 9.62 Å². The van der Waals surface area contributed by atoms with Gasteiger partial charge in [0.25, 0.3) is 5.91 Å². The van der Waals surface area contributed by atoms with Crippen LogP contribution in [0.5, 0.6) is 5.75 Å². The Morgan fingerprint density at radius 1 is 1.10 bits per heavy atom. The van der Waals surface area contributed by atoms with E-state index in [9.17, 15) is 13.2 Å². The van der Waals surface area contributed by atoms with E-state index >= 15 is 0 Å². The molecule has 2 aliphatic rings. The van der Waals surface area contributed by atoms with Crippen LogP contribution in [0.4, 0.5) is 0 Å². The number of amides is 1. The van der Waals surface area contributed by atoms with E-state index in [1.807, 2.05) is 39.0 Å². The number of hydrogen-bond acceptors (Lipinski definition) is 4. The third kappa shape index (κ3) is 4.34. The van der Waals surface area contributed by atoms with Gasteiger partial charge < -0.3 is 10.1 Å². The lowest BCUT2D eigenvalue weighted by Gasteiger charge is -2.38. The molecule has 0 saturated carbocycles. The van der Waals surface area contributed by atoms with Crippen LogP contribution in [-0.2, 0) is 10.0 Å². The van der Waals surface area contributed by atoms with E-state index in [1.54, 1.807) is 19.1 Å². The summed E-state index contributed by atoms with van der Waals surface area (Å²) in [6.45, 7) is 8.85. The molecule has 0 bridgehead atoms. The van der Waals surface area contributed by atoms with Gasteiger partial charge in [-0.15, -0.1) is 0 Å². The van der Waals surface area contributed by atoms with Crippen LogP contribution in [0.15, 0.2) is 41.3 Å². The lowest BCUT2D eigenvalue weighted by molar-refractivity contribution is 0.0619. The number of nitrogens with zero attached hydrogens (tertiary/aromatic N) is 1. The minimum absolute atomic E-state index is 0.214. The van der Waals surface area contributed by atoms with Gasteiger partial charge in [-0.3, -0.25) is 4.79 Å². The maximum atomic E-state index is 13.2. The second kappa shape index (κ2) is 7.95. The van der Waals surface area contributed by atoms with Gasteiger partial charge in [-0.1, -0.05) is 23.8 Å². The Balaban J connectivity index is 1.63. The van der Waals surface area contributed by atoms with Crippen molar-refractivity contribution in [3.63, 3.8) is 0 Å². The second-order valence-corrected chi connectivity index (χ2v) is 11.1. The zero-order chi connectivity index (χ0) is 22.4. The lowest BCUT2D eigenvalue weighted by atomic mass is 9.88. The van der Waals surface area contributed by atoms with Crippen molar-refractivity contribution in [3.8, 4) is 5.75 Å². The summed E-state index contributed by atoms with van der Waals surface area (Å²) < 4.78 is 33.8. The fraction of sp³-hybridized carbons (Fsp3) is 0.458. The number of nitrogens with one attached hydrogen (secondary N) is 1. The third-order valence-electron chi connectivity index (χ3n) is 6.06. The van der Waals surface area contributed by atoms with Gasteiger partial charge in [-0.25, -0.2) is 8.42 Å². The molecule has 2 heterocycles. The molecule has 0 radical (unpaired) electrons. The van der Waals surface area contributed by atoms with E-state index in [2.05, 4.69) is 5.32 Å². The van der Waals surface area contributed by atoms with E-state index in [1.165, 1.54) is 10.4 Å². The Morgan fingerprint density at radius 2 is 1.81 bits per heavy atom. The first-order valence-electron chi connectivity index (χ1n) is 10.8. The molecule has 2 aliphatic heterocycles. The van der Waals surface area contributed by atoms with Gasteiger partial charge >= 0.3 is 0 Å². The van der Waals surface area contributed by atoms with Gasteiger partial charge in [0, 0.05) is 30.6 Å². The zero-order valence-corrected chi connectivity index (χ0v) is 19.4. The molecule has 1 N–H and O–H groups in total. The first-order chi connectivity index (χ1) is 14.6. The number of carbonyl (C=O) groups is 1. The quantitative estimate of drug-likeness (QED) is 0.773. The van der Waals surface area contributed by atoms with Crippen molar-refractivity contribution in [2.24, 2.45) is 0 Å². The second-order valence-electron chi connectivity index (χ2n) is 9.22. The van der Waals surface area contributed by atoms with Crippen LogP contribution in [-0.4, -0.2) is 37.3 Å². The molecule has 31 heavy (non-hydrogen) atoms. The topological polar surface area (TPSA) is 75.7 Å². The van der Waals surface area contributed by atoms with Crippen LogP contribution in [0.2, 0.25) is 0 Å². The van der Waals surface area contributed by atoms with Gasteiger partial charge in [0.1, 0.15) is 11.4 Å². The summed E-state index contributed by atoms with van der Waals surface area (Å²) in [6, 6.07) is 10.7. The van der Waals surface area contributed by atoms with Crippen LogP contribution < -0.4 is 10.1 Å². The summed E-state index contributed by atoms with van der Waals surface area (Å²) in [5.74, 6) is 0.487. The van der Waals surface area contributed by atoms with Crippen molar-refractivity contribution in [1.29, 1.82) is 0 Å². The summed E-state index contributed by atoms with van der Waals surface area (Å²) >= 11 is 0. The minimum Gasteiger partial charge on any atom is -0.487 e. The molecule has 2 aromatic rings. The molecule has 0 unspecified atom stereocenters. The predicted octanol–water partition coefficient (Wildman–Crippen LogP) is 4.12. The summed E-state index contributed by atoms with van der Waals surface area (Å²) in [7, 11) is -3.60. The van der Waals surface area contributed by atoms with Crippen LogP contribution in [0.1, 0.15) is 66.2 Å². The molecule has 1 fully saturated rings. The highest BCUT2D eigenvalue weighted by atomic mass is 32.2. The lowest BCUT2D eigenvalue weighted by Crippen LogP contribution is -2.41. The molecule has 0 spiro atoms. The van der Waals surface area contributed by atoms with Gasteiger partial charge in [-0.2, -0.15) is 4.31 Å². The summed E-state index contributed by atoms with van der Waals surface area (Å²) in [5, 5.41) is 3.11. The number of rotatable bonds is 4. The summed E-state index contributed by atoms with van der Waals surface area (Å²) in [5.41, 5.74) is 2.62. The van der Waals surface area contributed by atoms with Crippen molar-refractivity contribution in [2.45, 2.75) is 63.5 Å². The maximum absolute atomic E-state index is 13.2. The molecule has 0 aliphatic carbocycles. The molecule has 1 amide bonds. The van der Waals surface area contributed by atoms with Crippen LogP contribution in [0.3, 0.4) is 0 Å². The standard InChI is InChI=1S/C24H30N2O4S/c1-16-7-10-21-19(13-16)20(15-24(3,4)30-21)25-23(27)18-9-8-17(2)22(14-18)31(28,29)26-11-5-6-12-26/h7-10,13-14,20H,5-6,11-12,15H2,1-4H3,(H,25,27)/t20-/m0/s1. The molecule has 7 heteroatoms. The first-order valence-corrected chi connectivity index (χ1v) is 12.2. The van der Waals surface area contributed by atoms with E-state index in [0.717, 1.165) is 29.7 Å². The number of carbonyl (C=O) groups excluding carboxylic acids is 1. The molecule has 1 atom stereocenters.